The van der Waals surface area contributed by atoms with E-state index in [-0.39, 0.29) is 29.8 Å². The van der Waals surface area contributed by atoms with E-state index in [9.17, 15) is 26.7 Å². The van der Waals surface area contributed by atoms with Crippen molar-refractivity contribution in [1.29, 1.82) is 0 Å². The maximum atomic E-state index is 14.6. The Morgan fingerprint density at radius 1 is 1.25 bits per heavy atom. The van der Waals surface area contributed by atoms with Crippen molar-refractivity contribution in [2.24, 2.45) is 10.7 Å². The van der Waals surface area contributed by atoms with E-state index in [4.69, 9.17) is 10.5 Å². The van der Waals surface area contributed by atoms with Crippen molar-refractivity contribution >= 4 is 11.6 Å². The SMILES string of the molecule is Cc1cc(C(F)F)cnc1C(=O)Cc1ccc(F)c([C@]2(C)COC(CF)(CF)C(N)=N2)c1. The number of aryl methyl sites for hydroxylation is 1. The van der Waals surface area contributed by atoms with Gasteiger partial charge in [0, 0.05) is 23.7 Å². The van der Waals surface area contributed by atoms with Crippen LogP contribution in [0.25, 0.3) is 0 Å². The van der Waals surface area contributed by atoms with Crippen molar-refractivity contribution in [2.45, 2.75) is 37.8 Å². The second kappa shape index (κ2) is 8.93. The van der Waals surface area contributed by atoms with Gasteiger partial charge in [0.25, 0.3) is 6.43 Å². The average Bonchev–Trinajstić information content (AvgIpc) is 2.75. The van der Waals surface area contributed by atoms with E-state index in [1.165, 1.54) is 32.0 Å². The van der Waals surface area contributed by atoms with E-state index in [0.717, 1.165) is 12.3 Å². The van der Waals surface area contributed by atoms with E-state index < -0.39 is 48.4 Å². The number of aromatic nitrogens is 1. The van der Waals surface area contributed by atoms with E-state index in [1.54, 1.807) is 0 Å². The molecule has 3 rings (SSSR count). The molecule has 2 heterocycles. The minimum atomic E-state index is -2.70. The molecule has 0 unspecified atom stereocenters. The topological polar surface area (TPSA) is 77.6 Å². The van der Waals surface area contributed by atoms with Gasteiger partial charge in [-0.25, -0.2) is 22.0 Å². The third kappa shape index (κ3) is 4.36. The Morgan fingerprint density at radius 3 is 2.50 bits per heavy atom. The summed E-state index contributed by atoms with van der Waals surface area (Å²) in [5.41, 5.74) is 2.88. The molecule has 1 aromatic carbocycles. The Kier molecular flexibility index (Phi) is 6.64. The van der Waals surface area contributed by atoms with Gasteiger partial charge in [0.15, 0.2) is 11.4 Å². The first-order valence-electron chi connectivity index (χ1n) is 9.74. The maximum absolute atomic E-state index is 14.6. The highest BCUT2D eigenvalue weighted by Gasteiger charge is 2.45. The zero-order valence-corrected chi connectivity index (χ0v) is 17.5. The molecule has 5 nitrogen and oxygen atoms in total. The predicted octanol–water partition coefficient (Wildman–Crippen LogP) is 4.17. The van der Waals surface area contributed by atoms with Crippen LogP contribution in [0.2, 0.25) is 0 Å². The fourth-order valence-corrected chi connectivity index (χ4v) is 3.51. The number of halogens is 5. The number of benzene rings is 1. The summed E-state index contributed by atoms with van der Waals surface area (Å²) in [4.78, 5) is 20.7. The number of ketones is 1. The molecule has 0 bridgehead atoms. The van der Waals surface area contributed by atoms with Crippen molar-refractivity contribution in [3.63, 3.8) is 0 Å². The molecule has 0 fully saturated rings. The molecule has 1 aliphatic rings. The summed E-state index contributed by atoms with van der Waals surface area (Å²) >= 11 is 0. The molecule has 1 aromatic heterocycles. The Morgan fingerprint density at radius 2 is 1.94 bits per heavy atom. The van der Waals surface area contributed by atoms with Crippen LogP contribution in [0.1, 0.15) is 46.1 Å². The lowest BCUT2D eigenvalue weighted by atomic mass is 9.88. The number of amidine groups is 1. The number of hydrogen-bond acceptors (Lipinski definition) is 5. The van der Waals surface area contributed by atoms with Gasteiger partial charge in [-0.05, 0) is 43.2 Å². The summed E-state index contributed by atoms with van der Waals surface area (Å²) in [6.07, 6.45) is -1.93. The normalized spacial score (nSPS) is 20.3. The number of hydrogen-bond donors (Lipinski definition) is 1. The van der Waals surface area contributed by atoms with Crippen molar-refractivity contribution in [2.75, 3.05) is 20.0 Å². The summed E-state index contributed by atoms with van der Waals surface area (Å²) in [5.74, 6) is -1.52. The van der Waals surface area contributed by atoms with Gasteiger partial charge in [0.1, 0.15) is 36.2 Å². The number of carbonyl (C=O) groups excluding carboxylic acids is 1. The lowest BCUT2D eigenvalue weighted by Gasteiger charge is -2.39. The van der Waals surface area contributed by atoms with Crippen LogP contribution in [0, 0.1) is 12.7 Å². The summed E-state index contributed by atoms with van der Waals surface area (Å²) in [5, 5.41) is 0. The predicted molar refractivity (Wildman–Crippen MR) is 108 cm³/mol. The number of rotatable bonds is 7. The molecule has 0 radical (unpaired) electrons. The molecule has 0 saturated carbocycles. The van der Waals surface area contributed by atoms with Crippen molar-refractivity contribution in [1.82, 2.24) is 4.98 Å². The zero-order chi connectivity index (χ0) is 23.7. The molecule has 10 heteroatoms. The van der Waals surface area contributed by atoms with E-state index in [2.05, 4.69) is 9.98 Å². The van der Waals surface area contributed by atoms with Gasteiger partial charge in [-0.2, -0.15) is 0 Å². The van der Waals surface area contributed by atoms with Gasteiger partial charge in [0.05, 0.1) is 6.61 Å². The first kappa shape index (κ1) is 23.8. The molecule has 2 N–H and O–H groups in total. The van der Waals surface area contributed by atoms with Crippen molar-refractivity contribution in [3.05, 3.63) is 64.2 Å². The van der Waals surface area contributed by atoms with Crippen LogP contribution < -0.4 is 5.73 Å². The van der Waals surface area contributed by atoms with Crippen LogP contribution in [0.15, 0.2) is 35.5 Å². The minimum absolute atomic E-state index is 0.0328. The number of aliphatic imine (C=N–C) groups is 1. The quantitative estimate of drug-likeness (QED) is 0.502. The summed E-state index contributed by atoms with van der Waals surface area (Å²) in [6, 6.07) is 5.13. The van der Waals surface area contributed by atoms with Gasteiger partial charge in [-0.1, -0.05) is 6.07 Å². The van der Waals surface area contributed by atoms with E-state index >= 15 is 0 Å². The zero-order valence-electron chi connectivity index (χ0n) is 17.5. The molecular weight excluding hydrogens is 433 g/mol. The number of ether oxygens (including phenoxy) is 1. The van der Waals surface area contributed by atoms with Crippen molar-refractivity contribution in [3.8, 4) is 0 Å². The van der Waals surface area contributed by atoms with Crippen molar-refractivity contribution < 1.29 is 31.5 Å². The number of carbonyl (C=O) groups is 1. The molecule has 0 aliphatic carbocycles. The second-order valence-electron chi connectivity index (χ2n) is 7.97. The largest absolute Gasteiger partial charge is 0.385 e. The molecule has 0 spiro atoms. The molecule has 0 saturated heterocycles. The monoisotopic (exact) mass is 455 g/mol. The molecule has 1 aliphatic heterocycles. The van der Waals surface area contributed by atoms with Gasteiger partial charge in [-0.15, -0.1) is 0 Å². The third-order valence-electron chi connectivity index (χ3n) is 5.49. The molecule has 1 atom stereocenters. The van der Waals surface area contributed by atoms with E-state index in [1.807, 2.05) is 0 Å². The van der Waals surface area contributed by atoms with Gasteiger partial charge in [0.2, 0.25) is 0 Å². The van der Waals surface area contributed by atoms with Gasteiger partial charge >= 0.3 is 0 Å². The maximum Gasteiger partial charge on any atom is 0.265 e. The molecule has 32 heavy (non-hydrogen) atoms. The number of alkyl halides is 4. The van der Waals surface area contributed by atoms with Crippen LogP contribution in [0.3, 0.4) is 0 Å². The highest BCUT2D eigenvalue weighted by Crippen LogP contribution is 2.35. The van der Waals surface area contributed by atoms with Crippen LogP contribution in [0.4, 0.5) is 22.0 Å². The highest BCUT2D eigenvalue weighted by atomic mass is 19.3. The smallest absolute Gasteiger partial charge is 0.265 e. The first-order chi connectivity index (χ1) is 15.0. The molecule has 172 valence electrons. The van der Waals surface area contributed by atoms with E-state index in [0.29, 0.717) is 11.1 Å². The number of nitrogens with two attached hydrogens (primary N) is 1. The average molecular weight is 455 g/mol. The molecule has 2 aromatic rings. The number of pyridine rings is 1. The summed E-state index contributed by atoms with van der Waals surface area (Å²) < 4.78 is 72.2. The lowest BCUT2D eigenvalue weighted by Crippen LogP contribution is -2.56. The lowest BCUT2D eigenvalue weighted by molar-refractivity contribution is -0.0575. The molecular formula is C22H22F5N3O2. The Labute approximate surface area is 181 Å². The van der Waals surface area contributed by atoms with Crippen LogP contribution >= 0.6 is 0 Å². The minimum Gasteiger partial charge on any atom is -0.385 e. The third-order valence-corrected chi connectivity index (χ3v) is 5.49. The van der Waals surface area contributed by atoms with Gasteiger partial charge in [-0.3, -0.25) is 14.8 Å². The second-order valence-corrected chi connectivity index (χ2v) is 7.97. The molecule has 0 amide bonds. The summed E-state index contributed by atoms with van der Waals surface area (Å²) in [7, 11) is 0. The fraction of sp³-hybridized carbons (Fsp3) is 0.409. The number of Topliss-reactive ketones (excluding diaryl/α,β-unsaturated/α-hetero) is 1. The van der Waals surface area contributed by atoms with Crippen LogP contribution in [-0.4, -0.2) is 42.2 Å². The first-order valence-corrected chi connectivity index (χ1v) is 9.74. The Balaban J connectivity index is 1.90. The standard InChI is InChI=1S/C22H22F5N3O2/c1-12-5-14(19(26)27)8-29-18(12)17(31)7-13-3-4-16(25)15(6-13)21(2)11-32-22(9-23,10-24)20(28)30-21/h3-6,8,19H,7,9-11H2,1-2H3,(H2,28,30)/t21-/m0/s1. The Hall–Kier alpha value is -2.88. The van der Waals surface area contributed by atoms with Crippen LogP contribution in [-0.2, 0) is 16.7 Å². The highest BCUT2D eigenvalue weighted by molar-refractivity contribution is 5.97. The summed E-state index contributed by atoms with van der Waals surface area (Å²) in [6.45, 7) is 0.234. The fourth-order valence-electron chi connectivity index (χ4n) is 3.51. The number of nitrogens with zero attached hydrogens (tertiary/aromatic N) is 2. The van der Waals surface area contributed by atoms with Gasteiger partial charge < -0.3 is 10.5 Å². The Bertz CT molecular complexity index is 1060. The van der Waals surface area contributed by atoms with Crippen LogP contribution in [0.5, 0.6) is 0 Å².